The number of hydrogen-bond donors (Lipinski definition) is 3. The SMILES string of the molecule is Cc1c(Cl)c(C)c(CO)c(O)c1CO. The third-order valence-electron chi connectivity index (χ3n) is 2.45. The Kier molecular flexibility index (Phi) is 3.37. The van der Waals surface area contributed by atoms with Gasteiger partial charge in [0.05, 0.1) is 13.2 Å². The first-order valence-electron chi connectivity index (χ1n) is 4.25. The molecule has 1 rings (SSSR count). The van der Waals surface area contributed by atoms with Crippen molar-refractivity contribution < 1.29 is 15.3 Å². The average Bonchev–Trinajstić information content (AvgIpc) is 2.16. The van der Waals surface area contributed by atoms with Crippen LogP contribution >= 0.6 is 11.6 Å². The van der Waals surface area contributed by atoms with E-state index < -0.39 is 0 Å². The van der Waals surface area contributed by atoms with Gasteiger partial charge in [-0.2, -0.15) is 0 Å². The van der Waals surface area contributed by atoms with Crippen LogP contribution in [0.4, 0.5) is 0 Å². The zero-order chi connectivity index (χ0) is 10.9. The summed E-state index contributed by atoms with van der Waals surface area (Å²) in [6.07, 6.45) is 0. The monoisotopic (exact) mass is 216 g/mol. The van der Waals surface area contributed by atoms with Crippen LogP contribution in [0, 0.1) is 13.8 Å². The molecule has 0 heterocycles. The largest absolute Gasteiger partial charge is 0.507 e. The van der Waals surface area contributed by atoms with Gasteiger partial charge in [0.2, 0.25) is 0 Å². The molecule has 4 heteroatoms. The minimum absolute atomic E-state index is 0.0607. The molecule has 1 aromatic rings. The van der Waals surface area contributed by atoms with Crippen LogP contribution in [0.2, 0.25) is 5.02 Å². The van der Waals surface area contributed by atoms with E-state index in [0.29, 0.717) is 27.3 Å². The molecule has 1 aromatic carbocycles. The molecule has 0 aliphatic carbocycles. The molecule has 0 fully saturated rings. The van der Waals surface area contributed by atoms with Gasteiger partial charge in [-0.1, -0.05) is 11.6 Å². The molecule has 3 nitrogen and oxygen atoms in total. The highest BCUT2D eigenvalue weighted by molar-refractivity contribution is 6.32. The maximum absolute atomic E-state index is 9.70. The molecule has 14 heavy (non-hydrogen) atoms. The second kappa shape index (κ2) is 4.17. The summed E-state index contributed by atoms with van der Waals surface area (Å²) >= 11 is 5.98. The Morgan fingerprint density at radius 3 is 1.64 bits per heavy atom. The van der Waals surface area contributed by atoms with Gasteiger partial charge in [0.25, 0.3) is 0 Å². The molecule has 0 radical (unpaired) electrons. The molecule has 0 aliphatic heterocycles. The Bertz CT molecular complexity index is 330. The van der Waals surface area contributed by atoms with Crippen molar-refractivity contribution in [1.82, 2.24) is 0 Å². The fraction of sp³-hybridized carbons (Fsp3) is 0.400. The number of hydrogen-bond acceptors (Lipinski definition) is 3. The molecule has 0 saturated carbocycles. The van der Waals surface area contributed by atoms with Crippen LogP contribution in [-0.2, 0) is 13.2 Å². The fourth-order valence-electron chi connectivity index (χ4n) is 1.47. The second-order valence-electron chi connectivity index (χ2n) is 3.19. The van der Waals surface area contributed by atoms with Gasteiger partial charge < -0.3 is 15.3 Å². The van der Waals surface area contributed by atoms with Gasteiger partial charge in [0.15, 0.2) is 0 Å². The number of halogens is 1. The maximum atomic E-state index is 9.70. The molecule has 0 aliphatic rings. The van der Waals surface area contributed by atoms with Crippen molar-refractivity contribution in [1.29, 1.82) is 0 Å². The quantitative estimate of drug-likeness (QED) is 0.705. The average molecular weight is 217 g/mol. The molecule has 0 aromatic heterocycles. The number of rotatable bonds is 2. The van der Waals surface area contributed by atoms with Crippen molar-refractivity contribution >= 4 is 11.6 Å². The summed E-state index contributed by atoms with van der Waals surface area (Å²) in [7, 11) is 0. The van der Waals surface area contributed by atoms with Crippen molar-refractivity contribution in [2.24, 2.45) is 0 Å². The normalized spacial score (nSPS) is 10.6. The van der Waals surface area contributed by atoms with E-state index in [-0.39, 0.29) is 19.0 Å². The van der Waals surface area contributed by atoms with Crippen molar-refractivity contribution in [3.63, 3.8) is 0 Å². The highest BCUT2D eigenvalue weighted by Gasteiger charge is 2.16. The van der Waals surface area contributed by atoms with E-state index in [4.69, 9.17) is 21.8 Å². The van der Waals surface area contributed by atoms with Crippen LogP contribution in [-0.4, -0.2) is 15.3 Å². The summed E-state index contributed by atoms with van der Waals surface area (Å²) in [5.41, 5.74) is 2.07. The van der Waals surface area contributed by atoms with Crippen LogP contribution in [0.5, 0.6) is 5.75 Å². The highest BCUT2D eigenvalue weighted by atomic mass is 35.5. The smallest absolute Gasteiger partial charge is 0.127 e. The Morgan fingerprint density at radius 2 is 1.36 bits per heavy atom. The van der Waals surface area contributed by atoms with Gasteiger partial charge in [-0.3, -0.25) is 0 Å². The predicted octanol–water partition coefficient (Wildman–Crippen LogP) is 1.65. The molecule has 0 amide bonds. The third kappa shape index (κ3) is 1.59. The minimum atomic E-state index is -0.287. The van der Waals surface area contributed by atoms with Crippen molar-refractivity contribution in [3.05, 3.63) is 27.3 Å². The Hall–Kier alpha value is -0.770. The number of benzene rings is 1. The van der Waals surface area contributed by atoms with E-state index in [0.717, 1.165) is 0 Å². The summed E-state index contributed by atoms with van der Waals surface area (Å²) in [4.78, 5) is 0. The fourth-order valence-corrected chi connectivity index (χ4v) is 1.70. The summed E-state index contributed by atoms with van der Waals surface area (Å²) in [6.45, 7) is 2.87. The Morgan fingerprint density at radius 1 is 1.00 bits per heavy atom. The Labute approximate surface area is 87.6 Å². The van der Waals surface area contributed by atoms with E-state index in [1.807, 2.05) is 0 Å². The third-order valence-corrected chi connectivity index (χ3v) is 3.02. The number of aromatic hydroxyl groups is 1. The van der Waals surface area contributed by atoms with Gasteiger partial charge in [0, 0.05) is 16.1 Å². The van der Waals surface area contributed by atoms with Gasteiger partial charge in [0.1, 0.15) is 5.75 Å². The van der Waals surface area contributed by atoms with E-state index >= 15 is 0 Å². The summed E-state index contributed by atoms with van der Waals surface area (Å²) in [5.74, 6) is -0.0607. The van der Waals surface area contributed by atoms with E-state index in [1.54, 1.807) is 13.8 Å². The van der Waals surface area contributed by atoms with Gasteiger partial charge in [-0.05, 0) is 25.0 Å². The van der Waals surface area contributed by atoms with Crippen LogP contribution in [0.1, 0.15) is 22.3 Å². The standard InChI is InChI=1S/C10H13ClO3/c1-5-7(3-12)10(14)8(4-13)6(2)9(5)11/h12-14H,3-4H2,1-2H3. The van der Waals surface area contributed by atoms with E-state index in [9.17, 15) is 5.11 Å². The number of aliphatic hydroxyl groups excluding tert-OH is 2. The van der Waals surface area contributed by atoms with Crippen LogP contribution in [0.25, 0.3) is 0 Å². The molecule has 3 N–H and O–H groups in total. The lowest BCUT2D eigenvalue weighted by Gasteiger charge is -2.15. The predicted molar refractivity (Wildman–Crippen MR) is 54.4 cm³/mol. The Balaban J connectivity index is 3.56. The molecule has 0 unspecified atom stereocenters. The lowest BCUT2D eigenvalue weighted by Crippen LogP contribution is -1.99. The van der Waals surface area contributed by atoms with Gasteiger partial charge >= 0.3 is 0 Å². The van der Waals surface area contributed by atoms with Crippen LogP contribution < -0.4 is 0 Å². The second-order valence-corrected chi connectivity index (χ2v) is 3.56. The first-order chi connectivity index (χ1) is 6.54. The molecular weight excluding hydrogens is 204 g/mol. The van der Waals surface area contributed by atoms with E-state index in [1.165, 1.54) is 0 Å². The summed E-state index contributed by atoms with van der Waals surface area (Å²) in [6, 6.07) is 0. The molecular formula is C10H13ClO3. The summed E-state index contributed by atoms with van der Waals surface area (Å²) < 4.78 is 0. The molecule has 78 valence electrons. The number of aliphatic hydroxyl groups is 2. The van der Waals surface area contributed by atoms with E-state index in [2.05, 4.69) is 0 Å². The highest BCUT2D eigenvalue weighted by Crippen LogP contribution is 2.35. The maximum Gasteiger partial charge on any atom is 0.127 e. The molecule has 0 saturated heterocycles. The van der Waals surface area contributed by atoms with Crippen molar-refractivity contribution in [3.8, 4) is 5.75 Å². The molecule has 0 bridgehead atoms. The van der Waals surface area contributed by atoms with Gasteiger partial charge in [-0.25, -0.2) is 0 Å². The van der Waals surface area contributed by atoms with Crippen LogP contribution in [0.3, 0.4) is 0 Å². The lowest BCUT2D eigenvalue weighted by atomic mass is 9.99. The van der Waals surface area contributed by atoms with Gasteiger partial charge in [-0.15, -0.1) is 0 Å². The number of phenols is 1. The molecule has 0 spiro atoms. The summed E-state index contributed by atoms with van der Waals surface area (Å²) in [5, 5.41) is 28.2. The van der Waals surface area contributed by atoms with Crippen molar-refractivity contribution in [2.45, 2.75) is 27.1 Å². The minimum Gasteiger partial charge on any atom is -0.507 e. The topological polar surface area (TPSA) is 60.7 Å². The molecule has 0 atom stereocenters. The zero-order valence-corrected chi connectivity index (χ0v) is 8.89. The lowest BCUT2D eigenvalue weighted by molar-refractivity contribution is 0.262. The van der Waals surface area contributed by atoms with Crippen LogP contribution in [0.15, 0.2) is 0 Å². The zero-order valence-electron chi connectivity index (χ0n) is 8.13. The van der Waals surface area contributed by atoms with Crippen molar-refractivity contribution in [2.75, 3.05) is 0 Å². The first kappa shape index (κ1) is 11.3. The first-order valence-corrected chi connectivity index (χ1v) is 4.63.